The summed E-state index contributed by atoms with van der Waals surface area (Å²) in [6.45, 7) is 18.5. The third kappa shape index (κ3) is 24.1. The van der Waals surface area contributed by atoms with Crippen LogP contribution in [0.3, 0.4) is 0 Å². The highest BCUT2D eigenvalue weighted by Crippen LogP contribution is 2.34. The lowest BCUT2D eigenvalue weighted by Gasteiger charge is -2.41. The number of nitrogens with zero attached hydrogens (tertiary/aromatic N) is 4. The van der Waals surface area contributed by atoms with Gasteiger partial charge in [-0.25, -0.2) is 18.0 Å². The summed E-state index contributed by atoms with van der Waals surface area (Å²) in [7, 11) is 8.31. The van der Waals surface area contributed by atoms with Crippen molar-refractivity contribution >= 4 is 70.9 Å². The van der Waals surface area contributed by atoms with E-state index in [1.807, 2.05) is 90.9 Å². The van der Waals surface area contributed by atoms with Gasteiger partial charge in [0.1, 0.15) is 24.2 Å². The molecular weight excluding hydrogens is 1390 g/mol. The van der Waals surface area contributed by atoms with Crippen molar-refractivity contribution < 1.29 is 88.9 Å². The highest BCUT2D eigenvalue weighted by Gasteiger charge is 2.45. The molecule has 2 fully saturated rings. The van der Waals surface area contributed by atoms with E-state index in [1.54, 1.807) is 68.8 Å². The van der Waals surface area contributed by atoms with Crippen molar-refractivity contribution in [2.45, 2.75) is 207 Å². The van der Waals surface area contributed by atoms with E-state index in [1.165, 1.54) is 19.1 Å². The fraction of sp³-hybridized carbons (Fsp3) is 0.613. The summed E-state index contributed by atoms with van der Waals surface area (Å²) < 4.78 is 86.4. The van der Waals surface area contributed by atoms with Crippen molar-refractivity contribution in [3.63, 3.8) is 0 Å². The first-order chi connectivity index (χ1) is 50.0. The Balaban J connectivity index is 1.20. The molecule has 2 aliphatic heterocycles. The summed E-state index contributed by atoms with van der Waals surface area (Å²) in [5.41, 5.74) is 6.91. The zero-order valence-corrected chi connectivity index (χ0v) is 63.5. The molecule has 0 aliphatic carbocycles. The third-order valence-electron chi connectivity index (χ3n) is 19.9. The maximum absolute atomic E-state index is 14.7. The molecule has 106 heavy (non-hydrogen) atoms. The molecule has 2 heterocycles. The Hall–Kier alpha value is -8.84. The normalized spacial score (nSPS) is 18.1. The number of urea groups is 1. The van der Waals surface area contributed by atoms with Crippen molar-refractivity contribution in [1.29, 1.82) is 0 Å². The van der Waals surface area contributed by atoms with Gasteiger partial charge < -0.3 is 71.9 Å². The summed E-state index contributed by atoms with van der Waals surface area (Å²) in [4.78, 5) is 157. The predicted molar refractivity (Wildman–Crippen MR) is 385 cm³/mol. The topological polar surface area (TPSA) is 339 Å². The average molecular weight is 1500 g/mol. The van der Waals surface area contributed by atoms with E-state index < -0.39 is 167 Å². The van der Waals surface area contributed by atoms with Gasteiger partial charge in [-0.1, -0.05) is 111 Å². The lowest BCUT2D eigenvalue weighted by atomic mass is 9.89. The molecule has 0 saturated carbocycles. The second-order valence-electron chi connectivity index (χ2n) is 28.9. The van der Waals surface area contributed by atoms with Crippen LogP contribution in [0.4, 0.5) is 32.4 Å². The van der Waals surface area contributed by atoms with Crippen LogP contribution < -0.4 is 47.7 Å². The summed E-state index contributed by atoms with van der Waals surface area (Å²) in [5.74, 6) is -22.0. The number of rotatable bonds is 38. The van der Waals surface area contributed by atoms with Crippen molar-refractivity contribution in [1.82, 2.24) is 51.5 Å². The number of anilines is 1. The summed E-state index contributed by atoms with van der Waals surface area (Å²) >= 11 is 0. The van der Waals surface area contributed by atoms with E-state index in [4.69, 9.17) is 15.2 Å². The van der Waals surface area contributed by atoms with Crippen LogP contribution in [0.15, 0.2) is 54.6 Å². The SMILES string of the molecule is CC[C@H](C)[C@@H]([C@@H](CC(=O)N1CCC[C@H]1[C@H](OC)[C@@H](C)C(=O)N[C@@H](Cc1ccccc1)C(=O)NCc1ccc(NC(=O)[C@H](CCCNC(N)=O)NC(=O)[C@@H](NC(=O)CCC(=O)N2CC[C@@H](C(=O)Oc3c(F)c(F)c(F)c(F)c3F)C[C@H]2C)C(C)C)cc1)OC)N(C)C(=O)[C@@H](NC(=O)[C@H](C(C)C)N(C)C)C(C)C. The van der Waals surface area contributed by atoms with Gasteiger partial charge in [0, 0.05) is 78.4 Å². The Morgan fingerprint density at radius 1 is 0.632 bits per heavy atom. The molecule has 2 saturated heterocycles. The molecule has 31 heteroatoms. The molecule has 0 spiro atoms. The van der Waals surface area contributed by atoms with Gasteiger partial charge in [-0.3, -0.25) is 52.8 Å². The highest BCUT2D eigenvalue weighted by molar-refractivity contribution is 5.99. The Morgan fingerprint density at radius 2 is 1.25 bits per heavy atom. The number of likely N-dealkylation sites (N-methyl/N-ethyl adjacent to an activating group) is 2. The predicted octanol–water partition coefficient (Wildman–Crippen LogP) is 6.40. The minimum Gasteiger partial charge on any atom is -0.420 e. The average Bonchev–Trinajstić information content (AvgIpc) is 0.894. The van der Waals surface area contributed by atoms with Crippen LogP contribution in [0, 0.1) is 64.6 Å². The molecule has 0 radical (unpaired) electrons. The fourth-order valence-electron chi connectivity index (χ4n) is 13.8. The van der Waals surface area contributed by atoms with E-state index in [9.17, 15) is 74.7 Å². The molecule has 2 aliphatic rings. The number of esters is 1. The van der Waals surface area contributed by atoms with Gasteiger partial charge in [0.2, 0.25) is 88.0 Å². The second kappa shape index (κ2) is 41.3. The van der Waals surface area contributed by atoms with Gasteiger partial charge in [-0.2, -0.15) is 8.78 Å². The Bertz CT molecular complexity index is 3480. The van der Waals surface area contributed by atoms with Gasteiger partial charge in [0.15, 0.2) is 0 Å². The molecule has 3 aromatic rings. The number of amides is 11. The Morgan fingerprint density at radius 3 is 1.80 bits per heavy atom. The smallest absolute Gasteiger partial charge is 0.314 e. The van der Waals surface area contributed by atoms with Crippen LogP contribution in [0.1, 0.15) is 145 Å². The molecule has 11 amide bonds. The number of carbonyl (C=O) groups is 11. The molecule has 588 valence electrons. The zero-order chi connectivity index (χ0) is 79.1. The quantitative estimate of drug-likeness (QED) is 0.00769. The molecule has 0 unspecified atom stereocenters. The standard InChI is InChI=1S/C75H109F5N12O14/c1-16-43(8)65(90(13)73(101)63(41(4)5)88-72(100)64(42(6)7)89(11)12)53(104-14)38-56(95)92-34-21-25-52(92)66(105-15)45(10)68(96)86-51(37-46-22-18-17-19-23-46)69(97)83-39-47-26-28-49(29-27-47)84-70(98)50(24-20-33-82-75(81)103)85-71(99)62(40(2)3)87-54(93)30-31-55(94)91-35-32-48(36-44(91)9)74(102)106-67-60(79)58(77)57(76)59(78)61(67)80/h17-19,22-23,26-29,40-45,48,50-53,62-66H,16,20-21,24-25,30-39H2,1-15H3,(H,83,97)(H,84,98)(H,85,99)(H,86,96)(H,87,93)(H,88,100)(H3,81,82,103)/t43-,44+,45+,48+,50-,51-,52-,53+,62-,63-,64-,65-,66+/m0/s1. The number of benzene rings is 3. The molecule has 5 rings (SSSR count). The number of primary amides is 1. The van der Waals surface area contributed by atoms with Gasteiger partial charge in [0.25, 0.3) is 0 Å². The van der Waals surface area contributed by atoms with Crippen molar-refractivity contribution in [2.75, 3.05) is 60.3 Å². The monoisotopic (exact) mass is 1500 g/mol. The van der Waals surface area contributed by atoms with Crippen LogP contribution in [0.2, 0.25) is 0 Å². The number of carbonyl (C=O) groups excluding carboxylic acids is 11. The second-order valence-corrected chi connectivity index (χ2v) is 28.9. The lowest BCUT2D eigenvalue weighted by Crippen LogP contribution is -2.59. The number of hydrogen-bond donors (Lipinski definition) is 8. The van der Waals surface area contributed by atoms with E-state index in [2.05, 4.69) is 42.0 Å². The van der Waals surface area contributed by atoms with E-state index >= 15 is 0 Å². The van der Waals surface area contributed by atoms with Gasteiger partial charge in [-0.05, 0) is 106 Å². The minimum atomic E-state index is -2.42. The Kier molecular flexibility index (Phi) is 34.2. The van der Waals surface area contributed by atoms with Crippen LogP contribution >= 0.6 is 0 Å². The molecule has 9 N–H and O–H groups in total. The molecule has 26 nitrogen and oxygen atoms in total. The van der Waals surface area contributed by atoms with Crippen LogP contribution in [-0.4, -0.2) is 200 Å². The van der Waals surface area contributed by atoms with Crippen molar-refractivity contribution in [3.05, 3.63) is 94.8 Å². The lowest BCUT2D eigenvalue weighted by molar-refractivity contribution is -0.148. The number of hydrogen-bond acceptors (Lipinski definition) is 15. The molecule has 0 aromatic heterocycles. The third-order valence-corrected chi connectivity index (χ3v) is 19.9. The largest absolute Gasteiger partial charge is 0.420 e. The minimum absolute atomic E-state index is 0.0115. The van der Waals surface area contributed by atoms with Crippen LogP contribution in [0.25, 0.3) is 0 Å². The number of methoxy groups -OCH3 is 2. The molecular formula is C75H109F5N12O14. The number of halogens is 5. The molecule has 3 aromatic carbocycles. The first kappa shape index (κ1) is 87.8. The van der Waals surface area contributed by atoms with Crippen LogP contribution in [-0.2, 0) is 70.4 Å². The summed E-state index contributed by atoms with van der Waals surface area (Å²) in [6.07, 6.45) is -0.549. The summed E-state index contributed by atoms with van der Waals surface area (Å²) in [5, 5.41) is 19.4. The fourth-order valence-corrected chi connectivity index (χ4v) is 13.8. The molecule has 13 atom stereocenters. The maximum Gasteiger partial charge on any atom is 0.314 e. The van der Waals surface area contributed by atoms with Gasteiger partial charge in [-0.15, -0.1) is 0 Å². The van der Waals surface area contributed by atoms with Gasteiger partial charge >= 0.3 is 12.0 Å². The first-order valence-electron chi connectivity index (χ1n) is 36.2. The molecule has 0 bridgehead atoms. The van der Waals surface area contributed by atoms with Gasteiger partial charge in [0.05, 0.1) is 48.6 Å². The highest BCUT2D eigenvalue weighted by atomic mass is 19.2. The number of nitrogens with one attached hydrogen (secondary N) is 7. The number of ether oxygens (including phenoxy) is 3. The van der Waals surface area contributed by atoms with E-state index in [-0.39, 0.29) is 100 Å². The van der Waals surface area contributed by atoms with Crippen molar-refractivity contribution in [2.24, 2.45) is 41.2 Å². The van der Waals surface area contributed by atoms with E-state index in [0.29, 0.717) is 37.1 Å². The van der Waals surface area contributed by atoms with Crippen molar-refractivity contribution in [3.8, 4) is 5.75 Å². The van der Waals surface area contributed by atoms with Crippen LogP contribution in [0.5, 0.6) is 5.75 Å². The van der Waals surface area contributed by atoms with E-state index in [0.717, 1.165) is 5.56 Å². The zero-order valence-electron chi connectivity index (χ0n) is 63.5. The maximum atomic E-state index is 14.7. The number of piperidine rings is 1. The first-order valence-corrected chi connectivity index (χ1v) is 36.2. The number of likely N-dealkylation sites (tertiary alicyclic amines) is 2. The summed E-state index contributed by atoms with van der Waals surface area (Å²) in [6, 6.07) is 8.08. The Labute approximate surface area is 618 Å². The number of nitrogens with two attached hydrogens (primary N) is 1.